The lowest BCUT2D eigenvalue weighted by atomic mass is 10.1. The molecule has 0 spiro atoms. The van der Waals surface area contributed by atoms with Gasteiger partial charge in [0.1, 0.15) is 0 Å². The number of rotatable bonds is 6. The topological polar surface area (TPSA) is 50.9 Å². The van der Waals surface area contributed by atoms with Crippen molar-refractivity contribution in [3.8, 4) is 0 Å². The van der Waals surface area contributed by atoms with E-state index in [1.807, 2.05) is 0 Å². The molecule has 13 heavy (non-hydrogen) atoms. The molecule has 1 aromatic heterocycles. The Morgan fingerprint density at radius 3 is 2.69 bits per heavy atom. The third kappa shape index (κ3) is 3.92. The van der Waals surface area contributed by atoms with Crippen molar-refractivity contribution in [2.24, 2.45) is 0 Å². The average Bonchev–Trinajstić information content (AvgIpc) is 2.51. The molecule has 0 amide bonds. The summed E-state index contributed by atoms with van der Waals surface area (Å²) in [6.45, 7) is 2.21. The molecule has 0 radical (unpaired) electrons. The van der Waals surface area contributed by atoms with Gasteiger partial charge in [-0.25, -0.2) is 0 Å². The van der Waals surface area contributed by atoms with Gasteiger partial charge in [-0.2, -0.15) is 0 Å². The maximum atomic E-state index is 8.79. The van der Waals surface area contributed by atoms with Crippen LogP contribution in [0.3, 0.4) is 0 Å². The number of hydrogen-bond acceptors (Lipinski definition) is 3. The van der Waals surface area contributed by atoms with Gasteiger partial charge in [-0.1, -0.05) is 32.6 Å². The van der Waals surface area contributed by atoms with Crippen LogP contribution in [0.5, 0.6) is 0 Å². The fourth-order valence-electron chi connectivity index (χ4n) is 1.31. The van der Waals surface area contributed by atoms with E-state index in [2.05, 4.69) is 17.1 Å². The molecule has 0 saturated carbocycles. The van der Waals surface area contributed by atoms with Crippen LogP contribution < -0.4 is 0 Å². The summed E-state index contributed by atoms with van der Waals surface area (Å²) in [4.78, 5) is 0.626. The molecule has 0 aromatic carbocycles. The maximum absolute atomic E-state index is 8.79. The monoisotopic (exact) mass is 183 g/mol. The molecule has 0 saturated heterocycles. The standard InChI is InChI=1S/C9H17N3O/c1-2-3-4-5-6-7-9-8-10-12(13)11-9/h8,13H,2-7H2,1H3. The fourth-order valence-corrected chi connectivity index (χ4v) is 1.31. The molecule has 74 valence electrons. The number of nitrogens with zero attached hydrogens (tertiary/aromatic N) is 3. The molecule has 4 heteroatoms. The predicted octanol–water partition coefficient (Wildman–Crippen LogP) is 2.03. The molecule has 0 bridgehead atoms. The van der Waals surface area contributed by atoms with Crippen LogP contribution in [-0.4, -0.2) is 20.4 Å². The van der Waals surface area contributed by atoms with Crippen molar-refractivity contribution in [1.82, 2.24) is 15.2 Å². The number of hydrogen-bond donors (Lipinski definition) is 1. The van der Waals surface area contributed by atoms with Gasteiger partial charge in [0.05, 0.1) is 11.9 Å². The highest BCUT2D eigenvalue weighted by atomic mass is 16.5. The molecule has 4 nitrogen and oxygen atoms in total. The second-order valence-corrected chi connectivity index (χ2v) is 3.27. The summed E-state index contributed by atoms with van der Waals surface area (Å²) < 4.78 is 0. The molecule has 1 heterocycles. The van der Waals surface area contributed by atoms with Crippen LogP contribution in [0, 0.1) is 0 Å². The largest absolute Gasteiger partial charge is 0.396 e. The zero-order chi connectivity index (χ0) is 9.52. The lowest BCUT2D eigenvalue weighted by Crippen LogP contribution is -1.95. The van der Waals surface area contributed by atoms with E-state index in [0.717, 1.165) is 18.5 Å². The van der Waals surface area contributed by atoms with Crippen molar-refractivity contribution in [1.29, 1.82) is 0 Å². The zero-order valence-electron chi connectivity index (χ0n) is 8.11. The minimum absolute atomic E-state index is 0.626. The van der Waals surface area contributed by atoms with Gasteiger partial charge >= 0.3 is 0 Å². The highest BCUT2D eigenvalue weighted by Crippen LogP contribution is 2.05. The Morgan fingerprint density at radius 2 is 2.08 bits per heavy atom. The molecule has 1 N–H and O–H groups in total. The predicted molar refractivity (Wildman–Crippen MR) is 49.7 cm³/mol. The number of aromatic nitrogens is 3. The van der Waals surface area contributed by atoms with Crippen molar-refractivity contribution < 1.29 is 5.21 Å². The molecule has 1 rings (SSSR count). The summed E-state index contributed by atoms with van der Waals surface area (Å²) in [7, 11) is 0. The minimum Gasteiger partial charge on any atom is -0.396 e. The molecular weight excluding hydrogens is 166 g/mol. The quantitative estimate of drug-likeness (QED) is 0.542. The smallest absolute Gasteiger partial charge is 0.0864 e. The summed E-state index contributed by atoms with van der Waals surface area (Å²) in [5.41, 5.74) is 0.874. The van der Waals surface area contributed by atoms with Crippen LogP contribution in [0.4, 0.5) is 0 Å². The number of unbranched alkanes of at least 4 members (excludes halogenated alkanes) is 4. The Hall–Kier alpha value is -1.06. The van der Waals surface area contributed by atoms with Gasteiger partial charge in [-0.05, 0) is 17.8 Å². The van der Waals surface area contributed by atoms with Crippen LogP contribution in [0.15, 0.2) is 6.20 Å². The van der Waals surface area contributed by atoms with Gasteiger partial charge in [0, 0.05) is 0 Å². The van der Waals surface area contributed by atoms with E-state index >= 15 is 0 Å². The van der Waals surface area contributed by atoms with Crippen LogP contribution in [0.1, 0.15) is 44.7 Å². The Balaban J connectivity index is 2.06. The lowest BCUT2D eigenvalue weighted by molar-refractivity contribution is 0.110. The molecule has 0 atom stereocenters. The van der Waals surface area contributed by atoms with E-state index in [4.69, 9.17) is 5.21 Å². The molecule has 0 unspecified atom stereocenters. The van der Waals surface area contributed by atoms with E-state index < -0.39 is 0 Å². The first-order valence-corrected chi connectivity index (χ1v) is 4.93. The van der Waals surface area contributed by atoms with Crippen molar-refractivity contribution in [3.05, 3.63) is 11.9 Å². The first kappa shape index (κ1) is 10.0. The SMILES string of the molecule is CCCCCCCc1cnn(O)n1. The van der Waals surface area contributed by atoms with Crippen LogP contribution in [0.2, 0.25) is 0 Å². The number of aryl methyl sites for hydroxylation is 1. The van der Waals surface area contributed by atoms with Gasteiger partial charge in [0.25, 0.3) is 0 Å². The van der Waals surface area contributed by atoms with Crippen molar-refractivity contribution in [2.75, 3.05) is 0 Å². The molecular formula is C9H17N3O. The zero-order valence-corrected chi connectivity index (χ0v) is 8.11. The minimum atomic E-state index is 0.626. The van der Waals surface area contributed by atoms with E-state index in [1.165, 1.54) is 25.7 Å². The highest BCUT2D eigenvalue weighted by molar-refractivity contribution is 4.90. The van der Waals surface area contributed by atoms with E-state index in [-0.39, 0.29) is 0 Å². The summed E-state index contributed by atoms with van der Waals surface area (Å²) in [5, 5.41) is 16.2. The Labute approximate surface area is 78.5 Å². The van der Waals surface area contributed by atoms with Gasteiger partial charge < -0.3 is 5.21 Å². The molecule has 0 aliphatic carbocycles. The van der Waals surface area contributed by atoms with Crippen LogP contribution >= 0.6 is 0 Å². The molecule has 0 aliphatic heterocycles. The fraction of sp³-hybridized carbons (Fsp3) is 0.778. The average molecular weight is 183 g/mol. The van der Waals surface area contributed by atoms with Crippen molar-refractivity contribution in [2.45, 2.75) is 45.4 Å². The van der Waals surface area contributed by atoms with E-state index in [0.29, 0.717) is 4.96 Å². The summed E-state index contributed by atoms with van der Waals surface area (Å²) in [6, 6.07) is 0. The third-order valence-corrected chi connectivity index (χ3v) is 2.06. The Bertz CT molecular complexity index is 235. The van der Waals surface area contributed by atoms with Crippen LogP contribution in [0.25, 0.3) is 0 Å². The molecule has 1 aromatic rings. The van der Waals surface area contributed by atoms with Crippen molar-refractivity contribution in [3.63, 3.8) is 0 Å². The van der Waals surface area contributed by atoms with Gasteiger partial charge in [0.15, 0.2) is 0 Å². The second-order valence-electron chi connectivity index (χ2n) is 3.27. The first-order valence-electron chi connectivity index (χ1n) is 4.93. The summed E-state index contributed by atoms with van der Waals surface area (Å²) >= 11 is 0. The van der Waals surface area contributed by atoms with E-state index in [1.54, 1.807) is 6.20 Å². The first-order chi connectivity index (χ1) is 6.33. The highest BCUT2D eigenvalue weighted by Gasteiger charge is 1.98. The van der Waals surface area contributed by atoms with Gasteiger partial charge in [-0.3, -0.25) is 0 Å². The molecule has 0 fully saturated rings. The van der Waals surface area contributed by atoms with E-state index in [9.17, 15) is 0 Å². The summed E-state index contributed by atoms with van der Waals surface area (Å²) in [6.07, 6.45) is 8.79. The van der Waals surface area contributed by atoms with Crippen molar-refractivity contribution >= 4 is 0 Å². The summed E-state index contributed by atoms with van der Waals surface area (Å²) in [5.74, 6) is 0. The third-order valence-electron chi connectivity index (χ3n) is 2.06. The normalized spacial score (nSPS) is 10.5. The van der Waals surface area contributed by atoms with Gasteiger partial charge in [-0.15, -0.1) is 10.2 Å². The Morgan fingerprint density at radius 1 is 1.31 bits per heavy atom. The second kappa shape index (κ2) is 5.56. The maximum Gasteiger partial charge on any atom is 0.0864 e. The van der Waals surface area contributed by atoms with Gasteiger partial charge in [0.2, 0.25) is 0 Å². The molecule has 0 aliphatic rings. The Kier molecular flexibility index (Phi) is 4.29. The van der Waals surface area contributed by atoms with Crippen LogP contribution in [-0.2, 0) is 6.42 Å². The lowest BCUT2D eigenvalue weighted by Gasteiger charge is -1.96.